The third kappa shape index (κ3) is 3.05. The van der Waals surface area contributed by atoms with Crippen molar-refractivity contribution in [2.45, 2.75) is 38.2 Å². The van der Waals surface area contributed by atoms with Crippen LogP contribution in [0.4, 0.5) is 5.69 Å². The Labute approximate surface area is 103 Å². The van der Waals surface area contributed by atoms with Gasteiger partial charge in [-0.2, -0.15) is 0 Å². The molecular weight excluding hydrogens is 214 g/mol. The van der Waals surface area contributed by atoms with Gasteiger partial charge in [0.05, 0.1) is 11.8 Å². The molecule has 0 radical (unpaired) electrons. The summed E-state index contributed by atoms with van der Waals surface area (Å²) in [5.74, 6) is 1.06. The van der Waals surface area contributed by atoms with E-state index in [0.29, 0.717) is 6.10 Å². The van der Waals surface area contributed by atoms with E-state index in [2.05, 4.69) is 0 Å². The van der Waals surface area contributed by atoms with Crippen LogP contribution in [0.15, 0.2) is 18.2 Å². The third-order valence-corrected chi connectivity index (χ3v) is 3.27. The van der Waals surface area contributed by atoms with Crippen molar-refractivity contribution in [1.82, 2.24) is 0 Å². The molecule has 1 fully saturated rings. The second-order valence-electron chi connectivity index (χ2n) is 4.92. The summed E-state index contributed by atoms with van der Waals surface area (Å²) in [7, 11) is 3.97. The van der Waals surface area contributed by atoms with Crippen LogP contribution in [0.1, 0.15) is 32.1 Å². The summed E-state index contributed by atoms with van der Waals surface area (Å²) in [6, 6.07) is 5.31. The lowest BCUT2D eigenvalue weighted by atomic mass is 9.98. The predicted molar refractivity (Wildman–Crippen MR) is 69.9 cm³/mol. The van der Waals surface area contributed by atoms with Gasteiger partial charge >= 0.3 is 0 Å². The summed E-state index contributed by atoms with van der Waals surface area (Å²) in [6.07, 6.45) is 6.39. The first-order valence-electron chi connectivity index (χ1n) is 6.34. The normalized spacial score (nSPS) is 16.8. The molecule has 0 spiro atoms. The van der Waals surface area contributed by atoms with Crippen LogP contribution in [0.25, 0.3) is 0 Å². The SMILES string of the molecule is CN(C)c1ccc(O)cc1OC1CCCCC1. The van der Waals surface area contributed by atoms with Gasteiger partial charge in [-0.1, -0.05) is 6.42 Å². The van der Waals surface area contributed by atoms with Crippen molar-refractivity contribution in [1.29, 1.82) is 0 Å². The van der Waals surface area contributed by atoms with Gasteiger partial charge in [-0.25, -0.2) is 0 Å². The fourth-order valence-electron chi connectivity index (χ4n) is 2.33. The summed E-state index contributed by atoms with van der Waals surface area (Å²) in [5, 5.41) is 9.55. The summed E-state index contributed by atoms with van der Waals surface area (Å²) in [6.45, 7) is 0. The number of anilines is 1. The number of ether oxygens (including phenoxy) is 1. The zero-order chi connectivity index (χ0) is 12.3. The van der Waals surface area contributed by atoms with Gasteiger partial charge in [-0.3, -0.25) is 0 Å². The van der Waals surface area contributed by atoms with Gasteiger partial charge < -0.3 is 14.7 Å². The molecule has 0 atom stereocenters. The molecule has 0 aliphatic heterocycles. The highest BCUT2D eigenvalue weighted by molar-refractivity contribution is 5.60. The Morgan fingerprint density at radius 3 is 2.53 bits per heavy atom. The number of phenols is 1. The number of nitrogens with zero attached hydrogens (tertiary/aromatic N) is 1. The van der Waals surface area contributed by atoms with Crippen LogP contribution in [0.2, 0.25) is 0 Å². The zero-order valence-corrected chi connectivity index (χ0v) is 10.6. The van der Waals surface area contributed by atoms with Crippen molar-refractivity contribution >= 4 is 5.69 Å². The zero-order valence-electron chi connectivity index (χ0n) is 10.6. The van der Waals surface area contributed by atoms with E-state index in [1.54, 1.807) is 12.1 Å². The molecule has 3 heteroatoms. The van der Waals surface area contributed by atoms with E-state index in [1.807, 2.05) is 25.1 Å². The van der Waals surface area contributed by atoms with Crippen LogP contribution in [-0.2, 0) is 0 Å². The fraction of sp³-hybridized carbons (Fsp3) is 0.571. The maximum Gasteiger partial charge on any atom is 0.146 e. The Morgan fingerprint density at radius 2 is 1.88 bits per heavy atom. The lowest BCUT2D eigenvalue weighted by Gasteiger charge is -2.26. The smallest absolute Gasteiger partial charge is 0.146 e. The van der Waals surface area contributed by atoms with E-state index in [0.717, 1.165) is 24.3 Å². The number of rotatable bonds is 3. The van der Waals surface area contributed by atoms with Gasteiger partial charge in [0.25, 0.3) is 0 Å². The molecule has 0 unspecified atom stereocenters. The summed E-state index contributed by atoms with van der Waals surface area (Å²) in [4.78, 5) is 2.01. The maximum atomic E-state index is 9.55. The second-order valence-corrected chi connectivity index (χ2v) is 4.92. The van der Waals surface area contributed by atoms with Crippen molar-refractivity contribution in [3.05, 3.63) is 18.2 Å². The van der Waals surface area contributed by atoms with Crippen molar-refractivity contribution in [2.24, 2.45) is 0 Å². The minimum atomic E-state index is 0.265. The van der Waals surface area contributed by atoms with Crippen molar-refractivity contribution in [3.8, 4) is 11.5 Å². The molecule has 1 aliphatic rings. The second kappa shape index (κ2) is 5.30. The number of phenolic OH excluding ortho intramolecular Hbond substituents is 1. The quantitative estimate of drug-likeness (QED) is 0.873. The first kappa shape index (κ1) is 12.1. The molecule has 0 heterocycles. The van der Waals surface area contributed by atoms with Gasteiger partial charge in [0.2, 0.25) is 0 Å². The molecule has 0 amide bonds. The van der Waals surface area contributed by atoms with E-state index in [-0.39, 0.29) is 5.75 Å². The Kier molecular flexibility index (Phi) is 3.77. The average molecular weight is 235 g/mol. The topological polar surface area (TPSA) is 32.7 Å². The maximum absolute atomic E-state index is 9.55. The summed E-state index contributed by atoms with van der Waals surface area (Å²) in [5.41, 5.74) is 1.02. The first-order valence-corrected chi connectivity index (χ1v) is 6.34. The first-order chi connectivity index (χ1) is 8.16. The highest BCUT2D eigenvalue weighted by Gasteiger charge is 2.17. The van der Waals surface area contributed by atoms with Gasteiger partial charge in [0, 0.05) is 20.2 Å². The van der Waals surface area contributed by atoms with E-state index in [4.69, 9.17) is 4.74 Å². The standard InChI is InChI=1S/C14H21NO2/c1-15(2)13-9-8-11(16)10-14(13)17-12-6-4-3-5-7-12/h8-10,12,16H,3-7H2,1-2H3. The average Bonchev–Trinajstić information content (AvgIpc) is 2.30. The Hall–Kier alpha value is -1.38. The highest BCUT2D eigenvalue weighted by Crippen LogP contribution is 2.33. The highest BCUT2D eigenvalue weighted by atomic mass is 16.5. The Balaban J connectivity index is 2.14. The molecule has 1 N–H and O–H groups in total. The van der Waals surface area contributed by atoms with Crippen LogP contribution in [0.3, 0.4) is 0 Å². The molecule has 1 aromatic carbocycles. The number of aromatic hydroxyl groups is 1. The molecule has 1 aliphatic carbocycles. The van der Waals surface area contributed by atoms with Gasteiger partial charge in [0.15, 0.2) is 0 Å². The molecule has 0 aromatic heterocycles. The van der Waals surface area contributed by atoms with Gasteiger partial charge in [-0.15, -0.1) is 0 Å². The molecule has 17 heavy (non-hydrogen) atoms. The van der Waals surface area contributed by atoms with Crippen LogP contribution < -0.4 is 9.64 Å². The lowest BCUT2D eigenvalue weighted by Crippen LogP contribution is -2.21. The minimum Gasteiger partial charge on any atom is -0.508 e. The lowest BCUT2D eigenvalue weighted by molar-refractivity contribution is 0.155. The molecule has 3 nitrogen and oxygen atoms in total. The minimum absolute atomic E-state index is 0.265. The van der Waals surface area contributed by atoms with Crippen LogP contribution in [0.5, 0.6) is 11.5 Å². The van der Waals surface area contributed by atoms with E-state index < -0.39 is 0 Å². The van der Waals surface area contributed by atoms with Crippen LogP contribution >= 0.6 is 0 Å². The fourth-order valence-corrected chi connectivity index (χ4v) is 2.33. The predicted octanol–water partition coefficient (Wildman–Crippen LogP) is 3.17. The van der Waals surface area contributed by atoms with Crippen molar-refractivity contribution in [3.63, 3.8) is 0 Å². The molecule has 1 aromatic rings. The summed E-state index contributed by atoms with van der Waals surface area (Å²) < 4.78 is 6.03. The summed E-state index contributed by atoms with van der Waals surface area (Å²) >= 11 is 0. The van der Waals surface area contributed by atoms with Gasteiger partial charge in [0.1, 0.15) is 11.5 Å². The van der Waals surface area contributed by atoms with Crippen molar-refractivity contribution in [2.75, 3.05) is 19.0 Å². The molecule has 94 valence electrons. The van der Waals surface area contributed by atoms with Crippen LogP contribution in [-0.4, -0.2) is 25.3 Å². The van der Waals surface area contributed by atoms with E-state index in [9.17, 15) is 5.11 Å². The molecule has 1 saturated carbocycles. The van der Waals surface area contributed by atoms with Crippen LogP contribution in [0, 0.1) is 0 Å². The molecular formula is C14H21NO2. The van der Waals surface area contributed by atoms with Gasteiger partial charge in [-0.05, 0) is 37.8 Å². The monoisotopic (exact) mass is 235 g/mol. The number of benzene rings is 1. The molecule has 0 saturated heterocycles. The van der Waals surface area contributed by atoms with E-state index in [1.165, 1.54) is 19.3 Å². The van der Waals surface area contributed by atoms with E-state index >= 15 is 0 Å². The Morgan fingerprint density at radius 1 is 1.18 bits per heavy atom. The largest absolute Gasteiger partial charge is 0.508 e. The Bertz CT molecular complexity index is 370. The molecule has 0 bridgehead atoms. The third-order valence-electron chi connectivity index (χ3n) is 3.27. The molecule has 2 rings (SSSR count). The number of hydrogen-bond donors (Lipinski definition) is 1. The van der Waals surface area contributed by atoms with Crippen molar-refractivity contribution < 1.29 is 9.84 Å². The number of hydrogen-bond acceptors (Lipinski definition) is 3.